The van der Waals surface area contributed by atoms with Gasteiger partial charge in [0, 0.05) is 16.3 Å². The molecule has 1 atom stereocenters. The SMILES string of the molecule is CC1=C(C(=O)OC2CCCCC2)[C@@H](c2cc(Cl)ccc2OC(F)F)n2ncnc2N1. The Balaban J connectivity index is 1.77. The maximum absolute atomic E-state index is 13.2. The number of allylic oxidation sites excluding steroid dienone is 1. The second kappa shape index (κ2) is 8.59. The lowest BCUT2D eigenvalue weighted by Gasteiger charge is -2.31. The zero-order valence-corrected chi connectivity index (χ0v) is 17.0. The number of esters is 1. The molecule has 1 aliphatic carbocycles. The standard InChI is InChI=1S/C20H21ClF2N4O3/c1-11-16(18(28)29-13-5-3-2-4-6-13)17(27-20(26-11)24-10-25-27)14-9-12(21)7-8-15(14)30-19(22)23/h7-10,13,17,19H,2-6H2,1H3,(H,24,25,26)/t17-/m1/s1. The van der Waals surface area contributed by atoms with Crippen LogP contribution >= 0.6 is 11.6 Å². The molecule has 2 aliphatic rings. The molecule has 7 nitrogen and oxygen atoms in total. The van der Waals surface area contributed by atoms with E-state index in [9.17, 15) is 13.6 Å². The van der Waals surface area contributed by atoms with Crippen LogP contribution in [0.3, 0.4) is 0 Å². The van der Waals surface area contributed by atoms with Gasteiger partial charge in [0.05, 0.1) is 5.57 Å². The highest BCUT2D eigenvalue weighted by Gasteiger charge is 2.37. The molecular weight excluding hydrogens is 418 g/mol. The van der Waals surface area contributed by atoms with Gasteiger partial charge < -0.3 is 14.8 Å². The van der Waals surface area contributed by atoms with Crippen LogP contribution in [0.25, 0.3) is 0 Å². The van der Waals surface area contributed by atoms with Crippen LogP contribution < -0.4 is 10.1 Å². The number of nitrogens with one attached hydrogen (secondary N) is 1. The Hall–Kier alpha value is -2.68. The van der Waals surface area contributed by atoms with Crippen LogP contribution in [0.2, 0.25) is 5.02 Å². The minimum absolute atomic E-state index is 0.0986. The van der Waals surface area contributed by atoms with E-state index in [1.165, 1.54) is 29.2 Å². The molecule has 0 amide bonds. The first-order chi connectivity index (χ1) is 14.4. The van der Waals surface area contributed by atoms with E-state index < -0.39 is 18.6 Å². The van der Waals surface area contributed by atoms with Crippen molar-refractivity contribution in [3.63, 3.8) is 0 Å². The summed E-state index contributed by atoms with van der Waals surface area (Å²) < 4.78 is 38.0. The number of rotatable bonds is 5. The van der Waals surface area contributed by atoms with Crippen molar-refractivity contribution in [3.05, 3.63) is 46.4 Å². The van der Waals surface area contributed by atoms with E-state index in [1.807, 2.05) is 0 Å². The van der Waals surface area contributed by atoms with Crippen LogP contribution in [0.15, 0.2) is 35.8 Å². The molecule has 160 valence electrons. The normalized spacial score (nSPS) is 19.4. The molecule has 0 saturated heterocycles. The van der Waals surface area contributed by atoms with Crippen molar-refractivity contribution in [2.24, 2.45) is 0 Å². The number of hydrogen-bond donors (Lipinski definition) is 1. The highest BCUT2D eigenvalue weighted by Crippen LogP contribution is 2.41. The molecule has 0 spiro atoms. The zero-order valence-electron chi connectivity index (χ0n) is 16.3. The van der Waals surface area contributed by atoms with Crippen molar-refractivity contribution in [2.45, 2.75) is 57.8 Å². The fourth-order valence-corrected chi connectivity index (χ4v) is 4.16. The molecule has 0 radical (unpaired) electrons. The van der Waals surface area contributed by atoms with Crippen LogP contribution in [-0.2, 0) is 9.53 Å². The third-order valence-electron chi connectivity index (χ3n) is 5.32. The summed E-state index contributed by atoms with van der Waals surface area (Å²) in [7, 11) is 0. The molecule has 10 heteroatoms. The maximum Gasteiger partial charge on any atom is 0.387 e. The fourth-order valence-electron chi connectivity index (χ4n) is 3.98. The molecule has 4 rings (SSSR count). The Kier molecular flexibility index (Phi) is 5.90. The molecule has 30 heavy (non-hydrogen) atoms. The Bertz CT molecular complexity index is 973. The average molecular weight is 439 g/mol. The number of carbonyl (C=O) groups excluding carboxylic acids is 1. The second-order valence-corrected chi connectivity index (χ2v) is 7.76. The highest BCUT2D eigenvalue weighted by atomic mass is 35.5. The number of anilines is 1. The third kappa shape index (κ3) is 4.12. The van der Waals surface area contributed by atoms with Crippen molar-refractivity contribution in [3.8, 4) is 5.75 Å². The summed E-state index contributed by atoms with van der Waals surface area (Å²) in [5.41, 5.74) is 1.02. The first-order valence-electron chi connectivity index (χ1n) is 9.76. The number of halogens is 3. The monoisotopic (exact) mass is 438 g/mol. The minimum atomic E-state index is -3.04. The average Bonchev–Trinajstić information content (AvgIpc) is 3.16. The number of ether oxygens (including phenoxy) is 2. The largest absolute Gasteiger partial charge is 0.459 e. The summed E-state index contributed by atoms with van der Waals surface area (Å²) in [6.45, 7) is -1.33. The Morgan fingerprint density at radius 3 is 2.80 bits per heavy atom. The second-order valence-electron chi connectivity index (χ2n) is 7.32. The predicted molar refractivity (Wildman–Crippen MR) is 106 cm³/mol. The number of aromatic nitrogens is 3. The fraction of sp³-hybridized carbons (Fsp3) is 0.450. The molecule has 1 aromatic heterocycles. The number of hydrogen-bond acceptors (Lipinski definition) is 6. The van der Waals surface area contributed by atoms with E-state index in [-0.39, 0.29) is 23.0 Å². The van der Waals surface area contributed by atoms with Gasteiger partial charge in [-0.1, -0.05) is 18.0 Å². The molecule has 0 bridgehead atoms. The quantitative estimate of drug-likeness (QED) is 0.682. The molecule has 1 saturated carbocycles. The van der Waals surface area contributed by atoms with Gasteiger partial charge in [0.1, 0.15) is 24.2 Å². The Morgan fingerprint density at radius 1 is 1.30 bits per heavy atom. The van der Waals surface area contributed by atoms with Gasteiger partial charge in [-0.25, -0.2) is 9.48 Å². The van der Waals surface area contributed by atoms with Crippen molar-refractivity contribution in [1.29, 1.82) is 0 Å². The number of fused-ring (bicyclic) bond motifs is 1. The molecule has 2 aromatic rings. The van der Waals surface area contributed by atoms with Gasteiger partial charge in [-0.15, -0.1) is 0 Å². The van der Waals surface area contributed by atoms with Crippen molar-refractivity contribution >= 4 is 23.5 Å². The first kappa shape index (κ1) is 20.6. The van der Waals surface area contributed by atoms with Crippen LogP contribution in [0.1, 0.15) is 50.6 Å². The number of alkyl halides is 2. The number of benzene rings is 1. The summed E-state index contributed by atoms with van der Waals surface area (Å²) in [5.74, 6) is -0.255. The molecule has 2 heterocycles. The van der Waals surface area contributed by atoms with E-state index in [0.717, 1.165) is 32.1 Å². The van der Waals surface area contributed by atoms with Crippen LogP contribution in [0, 0.1) is 0 Å². The molecule has 1 aliphatic heterocycles. The van der Waals surface area contributed by atoms with Gasteiger partial charge in [0.25, 0.3) is 0 Å². The number of nitrogens with zero attached hydrogens (tertiary/aromatic N) is 3. The van der Waals surface area contributed by atoms with Gasteiger partial charge >= 0.3 is 12.6 Å². The van der Waals surface area contributed by atoms with E-state index in [1.54, 1.807) is 6.92 Å². The van der Waals surface area contributed by atoms with Gasteiger partial charge in [-0.05, 0) is 50.8 Å². The van der Waals surface area contributed by atoms with E-state index in [2.05, 4.69) is 15.4 Å². The smallest absolute Gasteiger partial charge is 0.387 e. The van der Waals surface area contributed by atoms with E-state index in [4.69, 9.17) is 21.1 Å². The lowest BCUT2D eigenvalue weighted by atomic mass is 9.94. The molecule has 1 N–H and O–H groups in total. The molecule has 1 aromatic carbocycles. The summed E-state index contributed by atoms with van der Waals surface area (Å²) in [6.07, 6.45) is 5.90. The predicted octanol–water partition coefficient (Wildman–Crippen LogP) is 4.70. The van der Waals surface area contributed by atoms with Gasteiger partial charge in [-0.2, -0.15) is 18.9 Å². The topological polar surface area (TPSA) is 78.3 Å². The van der Waals surface area contributed by atoms with Crippen LogP contribution in [0.5, 0.6) is 5.75 Å². The van der Waals surface area contributed by atoms with Crippen LogP contribution in [0.4, 0.5) is 14.7 Å². The van der Waals surface area contributed by atoms with E-state index in [0.29, 0.717) is 16.7 Å². The van der Waals surface area contributed by atoms with Gasteiger partial charge in [-0.3, -0.25) is 0 Å². The summed E-state index contributed by atoms with van der Waals surface area (Å²) in [4.78, 5) is 17.3. The summed E-state index contributed by atoms with van der Waals surface area (Å²) in [5, 5.41) is 7.53. The molecule has 0 unspecified atom stereocenters. The van der Waals surface area contributed by atoms with Crippen molar-refractivity contribution in [2.75, 3.05) is 5.32 Å². The summed E-state index contributed by atoms with van der Waals surface area (Å²) in [6, 6.07) is 3.40. The summed E-state index contributed by atoms with van der Waals surface area (Å²) >= 11 is 6.16. The Morgan fingerprint density at radius 2 is 2.07 bits per heavy atom. The van der Waals surface area contributed by atoms with Crippen LogP contribution in [-0.4, -0.2) is 33.4 Å². The maximum atomic E-state index is 13.2. The number of carbonyl (C=O) groups is 1. The third-order valence-corrected chi connectivity index (χ3v) is 5.56. The van der Waals surface area contributed by atoms with Gasteiger partial charge in [0.2, 0.25) is 5.95 Å². The zero-order chi connectivity index (χ0) is 21.3. The van der Waals surface area contributed by atoms with E-state index >= 15 is 0 Å². The van der Waals surface area contributed by atoms with Crippen molar-refractivity contribution in [1.82, 2.24) is 14.8 Å². The van der Waals surface area contributed by atoms with Crippen molar-refractivity contribution < 1.29 is 23.0 Å². The first-order valence-corrected chi connectivity index (χ1v) is 10.1. The van der Waals surface area contributed by atoms with Gasteiger partial charge in [0.15, 0.2) is 0 Å². The molecule has 1 fully saturated rings. The lowest BCUT2D eigenvalue weighted by molar-refractivity contribution is -0.146. The minimum Gasteiger partial charge on any atom is -0.459 e. The highest BCUT2D eigenvalue weighted by molar-refractivity contribution is 6.30. The molecular formula is C20H21ClF2N4O3. The lowest BCUT2D eigenvalue weighted by Crippen LogP contribution is -2.32. The Labute approximate surface area is 177 Å².